The van der Waals surface area contributed by atoms with Gasteiger partial charge in [-0.15, -0.1) is 23.1 Å². The fraction of sp³-hybridized carbons (Fsp3) is 0.545. The van der Waals surface area contributed by atoms with E-state index in [0.29, 0.717) is 0 Å². The monoisotopic (exact) mass is 228 g/mol. The van der Waals surface area contributed by atoms with E-state index in [1.54, 1.807) is 11.3 Å². The van der Waals surface area contributed by atoms with Crippen molar-refractivity contribution in [2.75, 3.05) is 5.75 Å². The topological polar surface area (TPSA) is 17.1 Å². The van der Waals surface area contributed by atoms with Crippen LogP contribution in [0.25, 0.3) is 0 Å². The highest BCUT2D eigenvalue weighted by Crippen LogP contribution is 2.27. The van der Waals surface area contributed by atoms with Gasteiger partial charge in [-0.3, -0.25) is 4.79 Å². The molecule has 0 aliphatic carbocycles. The Hall–Kier alpha value is -0.280. The average molecular weight is 228 g/mol. The number of hydrogen-bond donors (Lipinski definition) is 0. The molecule has 1 heterocycles. The molecule has 1 nitrogen and oxygen atoms in total. The summed E-state index contributed by atoms with van der Waals surface area (Å²) in [4.78, 5) is 11.3. The van der Waals surface area contributed by atoms with Crippen molar-refractivity contribution >= 4 is 29.4 Å². The molecule has 0 spiro atoms. The molecule has 0 fully saturated rings. The first-order chi connectivity index (χ1) is 6.86. The van der Waals surface area contributed by atoms with Crippen molar-refractivity contribution < 1.29 is 4.79 Å². The van der Waals surface area contributed by atoms with Crippen LogP contribution in [0.3, 0.4) is 0 Å². The number of carbonyl (C=O) groups is 1. The molecule has 0 atom stereocenters. The number of thioether (sulfide) groups is 1. The lowest BCUT2D eigenvalue weighted by Crippen LogP contribution is -1.78. The maximum absolute atomic E-state index is 10.4. The lowest BCUT2D eigenvalue weighted by atomic mass is 10.2. The van der Waals surface area contributed by atoms with Crippen LogP contribution in [0.2, 0.25) is 0 Å². The molecule has 78 valence electrons. The van der Waals surface area contributed by atoms with E-state index in [4.69, 9.17) is 0 Å². The minimum Gasteiger partial charge on any atom is -0.297 e. The summed E-state index contributed by atoms with van der Waals surface area (Å²) in [5.74, 6) is 1.18. The summed E-state index contributed by atoms with van der Waals surface area (Å²) in [5.41, 5.74) is 0. The van der Waals surface area contributed by atoms with E-state index in [-0.39, 0.29) is 0 Å². The Morgan fingerprint density at radius 2 is 2.21 bits per heavy atom. The Balaban J connectivity index is 2.14. The van der Waals surface area contributed by atoms with Crippen LogP contribution in [0, 0.1) is 0 Å². The first-order valence-electron chi connectivity index (χ1n) is 5.04. The Morgan fingerprint density at radius 1 is 1.36 bits per heavy atom. The molecule has 1 rings (SSSR count). The van der Waals surface area contributed by atoms with Crippen molar-refractivity contribution in [1.29, 1.82) is 0 Å². The molecular formula is C11H16OS2. The van der Waals surface area contributed by atoms with Crippen molar-refractivity contribution in [3.8, 4) is 0 Å². The normalized spacial score (nSPS) is 10.4. The smallest absolute Gasteiger partial charge is 0.160 e. The van der Waals surface area contributed by atoms with Gasteiger partial charge in [0.25, 0.3) is 0 Å². The molecule has 0 saturated heterocycles. The van der Waals surface area contributed by atoms with Crippen LogP contribution in [0.4, 0.5) is 0 Å². The molecule has 0 aliphatic heterocycles. The Bertz CT molecular complexity index is 268. The van der Waals surface area contributed by atoms with Gasteiger partial charge in [0, 0.05) is 0 Å². The zero-order valence-electron chi connectivity index (χ0n) is 8.49. The largest absolute Gasteiger partial charge is 0.297 e. The van der Waals surface area contributed by atoms with Crippen LogP contribution >= 0.6 is 23.1 Å². The third-order valence-electron chi connectivity index (χ3n) is 1.96. The number of rotatable bonds is 7. The minimum atomic E-state index is 0.834. The highest BCUT2D eigenvalue weighted by atomic mass is 32.2. The van der Waals surface area contributed by atoms with Crippen molar-refractivity contribution in [1.82, 2.24) is 0 Å². The highest BCUT2D eigenvalue weighted by Gasteiger charge is 1.98. The number of unbranched alkanes of at least 4 members (excludes halogenated alkanes) is 3. The standard InChI is InChI=1S/C11H16OS2/c1-2-3-4-5-8-13-11-7-6-10(9-12)14-11/h6-7,9H,2-5,8H2,1H3. The van der Waals surface area contributed by atoms with Crippen molar-refractivity contribution in [2.45, 2.75) is 36.8 Å². The molecule has 1 aromatic rings. The van der Waals surface area contributed by atoms with Crippen molar-refractivity contribution in [3.63, 3.8) is 0 Å². The fourth-order valence-corrected chi connectivity index (χ4v) is 3.22. The van der Waals surface area contributed by atoms with E-state index in [2.05, 4.69) is 6.92 Å². The number of hydrogen-bond acceptors (Lipinski definition) is 3. The molecule has 14 heavy (non-hydrogen) atoms. The second-order valence-corrected chi connectivity index (χ2v) is 5.69. The number of carbonyl (C=O) groups excluding carboxylic acids is 1. The summed E-state index contributed by atoms with van der Waals surface area (Å²) in [7, 11) is 0. The summed E-state index contributed by atoms with van der Waals surface area (Å²) in [5, 5.41) is 0. The van der Waals surface area contributed by atoms with Gasteiger partial charge in [0.15, 0.2) is 6.29 Å². The molecule has 0 amide bonds. The van der Waals surface area contributed by atoms with Gasteiger partial charge >= 0.3 is 0 Å². The maximum Gasteiger partial charge on any atom is 0.160 e. The molecule has 0 bridgehead atoms. The van der Waals surface area contributed by atoms with E-state index in [1.165, 1.54) is 35.6 Å². The molecule has 0 unspecified atom stereocenters. The molecule has 3 heteroatoms. The molecule has 0 N–H and O–H groups in total. The summed E-state index contributed by atoms with van der Waals surface area (Å²) in [6.07, 6.45) is 6.16. The summed E-state index contributed by atoms with van der Waals surface area (Å²) in [6.45, 7) is 2.22. The Morgan fingerprint density at radius 3 is 2.86 bits per heavy atom. The van der Waals surface area contributed by atoms with E-state index in [9.17, 15) is 4.79 Å². The summed E-state index contributed by atoms with van der Waals surface area (Å²) >= 11 is 3.46. The van der Waals surface area contributed by atoms with Crippen LogP contribution in [0.1, 0.15) is 42.3 Å². The minimum absolute atomic E-state index is 0.834. The highest BCUT2D eigenvalue weighted by molar-refractivity contribution is 8.01. The molecule has 0 aliphatic rings. The van der Waals surface area contributed by atoms with Gasteiger partial charge in [0.05, 0.1) is 9.09 Å². The second kappa shape index (κ2) is 7.07. The first kappa shape index (κ1) is 11.8. The average Bonchev–Trinajstić information content (AvgIpc) is 2.65. The maximum atomic E-state index is 10.4. The van der Waals surface area contributed by atoms with Gasteiger partial charge in [-0.2, -0.15) is 0 Å². The number of thiophene rings is 1. The van der Waals surface area contributed by atoms with Gasteiger partial charge in [-0.1, -0.05) is 26.2 Å². The molecule has 0 radical (unpaired) electrons. The summed E-state index contributed by atoms with van der Waals surface area (Å²) in [6, 6.07) is 3.94. The Kier molecular flexibility index (Phi) is 5.96. The Labute approximate surface area is 93.9 Å². The lowest BCUT2D eigenvalue weighted by Gasteiger charge is -1.97. The lowest BCUT2D eigenvalue weighted by molar-refractivity contribution is 0.112. The van der Waals surface area contributed by atoms with Gasteiger partial charge in [-0.25, -0.2) is 0 Å². The van der Waals surface area contributed by atoms with Crippen molar-refractivity contribution in [2.24, 2.45) is 0 Å². The predicted molar refractivity (Wildman–Crippen MR) is 64.6 cm³/mol. The van der Waals surface area contributed by atoms with E-state index in [1.807, 2.05) is 23.9 Å². The third-order valence-corrected chi connectivity index (χ3v) is 4.28. The zero-order chi connectivity index (χ0) is 10.2. The zero-order valence-corrected chi connectivity index (χ0v) is 10.1. The second-order valence-electron chi connectivity index (χ2n) is 3.18. The van der Waals surface area contributed by atoms with Gasteiger partial charge in [-0.05, 0) is 24.3 Å². The van der Waals surface area contributed by atoms with Crippen molar-refractivity contribution in [3.05, 3.63) is 17.0 Å². The molecular weight excluding hydrogens is 212 g/mol. The van der Waals surface area contributed by atoms with E-state index >= 15 is 0 Å². The SMILES string of the molecule is CCCCCCSc1ccc(C=O)s1. The van der Waals surface area contributed by atoms with Crippen LogP contribution in [-0.4, -0.2) is 12.0 Å². The fourth-order valence-electron chi connectivity index (χ4n) is 1.18. The van der Waals surface area contributed by atoms with Crippen LogP contribution < -0.4 is 0 Å². The molecule has 0 saturated carbocycles. The third kappa shape index (κ3) is 4.29. The quantitative estimate of drug-likeness (QED) is 0.394. The van der Waals surface area contributed by atoms with Crippen LogP contribution in [0.15, 0.2) is 16.3 Å². The van der Waals surface area contributed by atoms with E-state index in [0.717, 1.165) is 11.2 Å². The van der Waals surface area contributed by atoms with Gasteiger partial charge < -0.3 is 0 Å². The molecule has 0 aromatic carbocycles. The van der Waals surface area contributed by atoms with Gasteiger partial charge in [0.2, 0.25) is 0 Å². The predicted octanol–water partition coefficient (Wildman–Crippen LogP) is 4.23. The van der Waals surface area contributed by atoms with E-state index < -0.39 is 0 Å². The summed E-state index contributed by atoms with van der Waals surface area (Å²) < 4.78 is 1.27. The molecule has 1 aromatic heterocycles. The number of aldehydes is 1. The van der Waals surface area contributed by atoms with Crippen LogP contribution in [0.5, 0.6) is 0 Å². The van der Waals surface area contributed by atoms with Crippen LogP contribution in [-0.2, 0) is 0 Å². The van der Waals surface area contributed by atoms with Gasteiger partial charge in [0.1, 0.15) is 0 Å². The first-order valence-corrected chi connectivity index (χ1v) is 6.85.